The SMILES string of the molecule is COC[C@@H](C1CC1)N(Cc1ccc(C(F)(F)F)cn1)C(=O)C(=O)Nc1cncc(C(N)=O)c1. The fourth-order valence-electron chi connectivity index (χ4n) is 3.29. The van der Waals surface area contributed by atoms with Gasteiger partial charge in [-0.3, -0.25) is 24.4 Å². The van der Waals surface area contributed by atoms with E-state index >= 15 is 0 Å². The fourth-order valence-corrected chi connectivity index (χ4v) is 3.29. The summed E-state index contributed by atoms with van der Waals surface area (Å²) in [4.78, 5) is 46.0. The third-order valence-electron chi connectivity index (χ3n) is 5.12. The number of carbonyl (C=O) groups excluding carboxylic acids is 3. The summed E-state index contributed by atoms with van der Waals surface area (Å²) in [5.41, 5.74) is 4.60. The molecule has 3 amide bonds. The molecule has 0 unspecified atom stereocenters. The van der Waals surface area contributed by atoms with Crippen LogP contribution in [0, 0.1) is 5.92 Å². The number of ether oxygens (including phenoxy) is 1. The van der Waals surface area contributed by atoms with Crippen LogP contribution in [0.25, 0.3) is 0 Å². The Labute approximate surface area is 187 Å². The molecule has 0 saturated heterocycles. The number of alkyl halides is 3. The predicted octanol–water partition coefficient (Wildman–Crippen LogP) is 1.99. The van der Waals surface area contributed by atoms with Gasteiger partial charge in [0.05, 0.1) is 47.9 Å². The van der Waals surface area contributed by atoms with E-state index in [0.29, 0.717) is 6.20 Å². The Kier molecular flexibility index (Phi) is 7.26. The molecule has 1 aliphatic carbocycles. The number of nitrogens with two attached hydrogens (primary N) is 1. The molecule has 9 nitrogen and oxygen atoms in total. The third-order valence-corrected chi connectivity index (χ3v) is 5.12. The van der Waals surface area contributed by atoms with E-state index in [9.17, 15) is 27.6 Å². The lowest BCUT2D eigenvalue weighted by Gasteiger charge is -2.31. The van der Waals surface area contributed by atoms with Crippen molar-refractivity contribution in [2.45, 2.75) is 31.6 Å². The molecule has 0 spiro atoms. The van der Waals surface area contributed by atoms with E-state index in [-0.39, 0.29) is 36.0 Å². The number of carbonyl (C=O) groups is 3. The Balaban J connectivity index is 1.82. The van der Waals surface area contributed by atoms with E-state index in [0.717, 1.165) is 25.0 Å². The van der Waals surface area contributed by atoms with Gasteiger partial charge in [-0.05, 0) is 37.0 Å². The number of hydrogen-bond acceptors (Lipinski definition) is 6. The van der Waals surface area contributed by atoms with Gasteiger partial charge in [0, 0.05) is 19.5 Å². The molecule has 1 fully saturated rings. The molecule has 3 rings (SSSR count). The molecule has 0 aliphatic heterocycles. The minimum absolute atomic E-state index is 0.0429. The van der Waals surface area contributed by atoms with E-state index in [1.807, 2.05) is 0 Å². The maximum absolute atomic E-state index is 13.1. The lowest BCUT2D eigenvalue weighted by atomic mass is 10.1. The molecule has 2 aromatic heterocycles. The van der Waals surface area contributed by atoms with E-state index in [2.05, 4.69) is 15.3 Å². The quantitative estimate of drug-likeness (QED) is 0.574. The highest BCUT2D eigenvalue weighted by molar-refractivity contribution is 6.39. The van der Waals surface area contributed by atoms with Gasteiger partial charge in [0.25, 0.3) is 0 Å². The average Bonchev–Trinajstić information content (AvgIpc) is 3.61. The van der Waals surface area contributed by atoms with Crippen LogP contribution >= 0.6 is 0 Å². The Bertz CT molecular complexity index is 1030. The topological polar surface area (TPSA) is 128 Å². The molecular formula is C21H22F3N5O4. The van der Waals surface area contributed by atoms with Gasteiger partial charge in [-0.25, -0.2) is 0 Å². The van der Waals surface area contributed by atoms with Crippen LogP contribution in [0.5, 0.6) is 0 Å². The van der Waals surface area contributed by atoms with Crippen molar-refractivity contribution in [2.24, 2.45) is 11.7 Å². The van der Waals surface area contributed by atoms with Crippen LogP contribution in [0.15, 0.2) is 36.8 Å². The zero-order chi connectivity index (χ0) is 24.2. The highest BCUT2D eigenvalue weighted by atomic mass is 19.4. The van der Waals surface area contributed by atoms with Gasteiger partial charge >= 0.3 is 18.0 Å². The predicted molar refractivity (Wildman–Crippen MR) is 110 cm³/mol. The van der Waals surface area contributed by atoms with Gasteiger partial charge in [0.2, 0.25) is 5.91 Å². The van der Waals surface area contributed by atoms with Crippen LogP contribution in [-0.4, -0.2) is 52.3 Å². The smallest absolute Gasteiger partial charge is 0.383 e. The highest BCUT2D eigenvalue weighted by Gasteiger charge is 2.39. The number of nitrogens with one attached hydrogen (secondary N) is 1. The largest absolute Gasteiger partial charge is 0.417 e. The molecule has 33 heavy (non-hydrogen) atoms. The monoisotopic (exact) mass is 465 g/mol. The number of halogens is 3. The maximum atomic E-state index is 13.1. The summed E-state index contributed by atoms with van der Waals surface area (Å²) in [6, 6.07) is 2.84. The number of anilines is 1. The molecular weight excluding hydrogens is 443 g/mol. The lowest BCUT2D eigenvalue weighted by Crippen LogP contribution is -2.48. The number of aromatic nitrogens is 2. The third kappa shape index (κ3) is 6.25. The summed E-state index contributed by atoms with van der Waals surface area (Å²) >= 11 is 0. The summed E-state index contributed by atoms with van der Waals surface area (Å²) < 4.78 is 43.7. The van der Waals surface area contributed by atoms with Crippen LogP contribution in [0.1, 0.15) is 34.5 Å². The van der Waals surface area contributed by atoms with Gasteiger partial charge in [0.15, 0.2) is 0 Å². The van der Waals surface area contributed by atoms with Crippen molar-refractivity contribution >= 4 is 23.4 Å². The van der Waals surface area contributed by atoms with Crippen LogP contribution in [0.4, 0.5) is 18.9 Å². The van der Waals surface area contributed by atoms with Crippen LogP contribution in [0.2, 0.25) is 0 Å². The van der Waals surface area contributed by atoms with Crippen molar-refractivity contribution in [1.82, 2.24) is 14.9 Å². The van der Waals surface area contributed by atoms with Gasteiger partial charge in [-0.15, -0.1) is 0 Å². The summed E-state index contributed by atoms with van der Waals surface area (Å²) in [5.74, 6) is -2.59. The van der Waals surface area contributed by atoms with E-state index < -0.39 is 35.5 Å². The Hall–Kier alpha value is -3.54. The molecule has 0 bridgehead atoms. The summed E-state index contributed by atoms with van der Waals surface area (Å²) in [7, 11) is 1.45. The number of amides is 3. The van der Waals surface area contributed by atoms with Crippen LogP contribution < -0.4 is 11.1 Å². The standard InChI is InChI=1S/C21H22F3N5O4/c1-33-11-17(12-2-3-12)29(10-15-5-4-14(8-27-15)21(22,23)24)20(32)19(31)28-16-6-13(18(25)30)7-26-9-16/h4-9,12,17H,2-3,10-11H2,1H3,(H2,25,30)(H,28,31)/t17-/m0/s1. The summed E-state index contributed by atoms with van der Waals surface area (Å²) in [6.07, 6.45) is 0.244. The molecule has 176 valence electrons. The highest BCUT2D eigenvalue weighted by Crippen LogP contribution is 2.36. The van der Waals surface area contributed by atoms with Crippen molar-refractivity contribution in [1.29, 1.82) is 0 Å². The van der Waals surface area contributed by atoms with Gasteiger partial charge in [0.1, 0.15) is 0 Å². The van der Waals surface area contributed by atoms with E-state index in [1.165, 1.54) is 30.5 Å². The first-order valence-electron chi connectivity index (χ1n) is 9.98. The lowest BCUT2D eigenvalue weighted by molar-refractivity contribution is -0.146. The van der Waals surface area contributed by atoms with Crippen molar-refractivity contribution in [3.8, 4) is 0 Å². The Morgan fingerprint density at radius 2 is 1.97 bits per heavy atom. The van der Waals surface area contributed by atoms with Crippen molar-refractivity contribution < 1.29 is 32.3 Å². The van der Waals surface area contributed by atoms with Gasteiger partial charge < -0.3 is 20.7 Å². The number of hydrogen-bond donors (Lipinski definition) is 2. The zero-order valence-electron chi connectivity index (χ0n) is 17.6. The fraction of sp³-hybridized carbons (Fsp3) is 0.381. The van der Waals surface area contributed by atoms with Gasteiger partial charge in [-0.2, -0.15) is 13.2 Å². The summed E-state index contributed by atoms with van der Waals surface area (Å²) in [5, 5.41) is 2.38. The number of nitrogens with zero attached hydrogens (tertiary/aromatic N) is 3. The second-order valence-electron chi connectivity index (χ2n) is 7.61. The second kappa shape index (κ2) is 9.94. The van der Waals surface area contributed by atoms with Crippen LogP contribution in [-0.2, 0) is 27.0 Å². The molecule has 1 atom stereocenters. The zero-order valence-corrected chi connectivity index (χ0v) is 17.6. The maximum Gasteiger partial charge on any atom is 0.417 e. The molecule has 3 N–H and O–H groups in total. The number of methoxy groups -OCH3 is 1. The Morgan fingerprint density at radius 1 is 1.24 bits per heavy atom. The van der Waals surface area contributed by atoms with Crippen molar-refractivity contribution in [3.05, 3.63) is 53.6 Å². The number of pyridine rings is 2. The van der Waals surface area contributed by atoms with Crippen LogP contribution in [0.3, 0.4) is 0 Å². The van der Waals surface area contributed by atoms with E-state index in [1.54, 1.807) is 0 Å². The number of rotatable bonds is 8. The molecule has 1 aliphatic rings. The Morgan fingerprint density at radius 3 is 2.52 bits per heavy atom. The van der Waals surface area contributed by atoms with Crippen molar-refractivity contribution in [3.63, 3.8) is 0 Å². The molecule has 12 heteroatoms. The minimum atomic E-state index is -4.54. The molecule has 0 radical (unpaired) electrons. The molecule has 2 aromatic rings. The normalized spacial score (nSPS) is 14.4. The molecule has 2 heterocycles. The first-order chi connectivity index (χ1) is 15.6. The molecule has 0 aromatic carbocycles. The first kappa shape index (κ1) is 24.1. The van der Waals surface area contributed by atoms with E-state index in [4.69, 9.17) is 10.5 Å². The van der Waals surface area contributed by atoms with Gasteiger partial charge in [-0.1, -0.05) is 0 Å². The number of primary amides is 1. The summed E-state index contributed by atoms with van der Waals surface area (Å²) in [6.45, 7) is -0.0441. The molecule has 1 saturated carbocycles. The van der Waals surface area contributed by atoms with Crippen molar-refractivity contribution in [2.75, 3.05) is 19.0 Å². The first-order valence-corrected chi connectivity index (χ1v) is 9.98. The minimum Gasteiger partial charge on any atom is -0.383 e. The average molecular weight is 465 g/mol. The second-order valence-corrected chi connectivity index (χ2v) is 7.61.